The van der Waals surface area contributed by atoms with E-state index in [0.29, 0.717) is 5.56 Å². The van der Waals surface area contributed by atoms with Gasteiger partial charge in [0.05, 0.1) is 7.11 Å². The second kappa shape index (κ2) is 9.50. The van der Waals surface area contributed by atoms with E-state index in [1.165, 1.54) is 25.4 Å². The van der Waals surface area contributed by atoms with Crippen LogP contribution in [0.5, 0.6) is 0 Å². The van der Waals surface area contributed by atoms with Crippen LogP contribution in [0.3, 0.4) is 0 Å². The van der Waals surface area contributed by atoms with Gasteiger partial charge in [-0.2, -0.15) is 0 Å². The number of methoxy groups -OCH3 is 1. The monoisotopic (exact) mass is 360 g/mol. The third-order valence-electron chi connectivity index (χ3n) is 3.56. The highest BCUT2D eigenvalue weighted by molar-refractivity contribution is 5.86. The minimum Gasteiger partial charge on any atom is -0.464 e. The van der Waals surface area contributed by atoms with E-state index in [1.54, 1.807) is 0 Å². The Labute approximate surface area is 150 Å². The molecule has 0 aliphatic heterocycles. The number of carbonyl (C=O) groups is 2. The first-order valence-electron chi connectivity index (χ1n) is 7.86. The van der Waals surface area contributed by atoms with Crippen LogP contribution in [0.15, 0.2) is 48.7 Å². The van der Waals surface area contributed by atoms with Crippen molar-refractivity contribution >= 4 is 12.1 Å². The summed E-state index contributed by atoms with van der Waals surface area (Å²) in [5.74, 6) is -0.602. The number of benzene rings is 1. The number of aliphatic hydroxyl groups excluding tert-OH is 2. The topological polar surface area (TPSA) is 118 Å². The number of amides is 1. The zero-order valence-electron chi connectivity index (χ0n) is 14.2. The number of ether oxygens (including phenoxy) is 2. The summed E-state index contributed by atoms with van der Waals surface area (Å²) in [6, 6.07) is 12.0. The highest BCUT2D eigenvalue weighted by Crippen LogP contribution is 2.16. The summed E-state index contributed by atoms with van der Waals surface area (Å²) in [6.07, 6.45) is -2.01. The van der Waals surface area contributed by atoms with Gasteiger partial charge >= 0.3 is 12.1 Å². The van der Waals surface area contributed by atoms with E-state index < -0.39 is 24.3 Å². The molecular formula is C18H20N2O6. The maximum atomic E-state index is 11.6. The first-order chi connectivity index (χ1) is 12.5. The fourth-order valence-electron chi connectivity index (χ4n) is 2.10. The van der Waals surface area contributed by atoms with E-state index in [0.717, 1.165) is 5.56 Å². The summed E-state index contributed by atoms with van der Waals surface area (Å²) in [5.41, 5.74) is 1.21. The molecule has 8 heteroatoms. The molecule has 2 atom stereocenters. The lowest BCUT2D eigenvalue weighted by molar-refractivity contribution is 0.0181. The van der Waals surface area contributed by atoms with E-state index in [-0.39, 0.29) is 18.8 Å². The number of nitrogens with one attached hydrogen (secondary N) is 1. The van der Waals surface area contributed by atoms with E-state index in [2.05, 4.69) is 15.0 Å². The Morgan fingerprint density at radius 1 is 1.15 bits per heavy atom. The summed E-state index contributed by atoms with van der Waals surface area (Å²) in [6.45, 7) is -0.113. The number of hydrogen-bond donors (Lipinski definition) is 3. The molecule has 3 N–H and O–H groups in total. The highest BCUT2D eigenvalue weighted by atomic mass is 16.5. The molecule has 1 aromatic heterocycles. The lowest BCUT2D eigenvalue weighted by Gasteiger charge is -2.18. The molecule has 1 heterocycles. The number of carbonyl (C=O) groups excluding carboxylic acids is 2. The molecule has 0 fully saturated rings. The molecule has 0 aliphatic rings. The lowest BCUT2D eigenvalue weighted by Crippen LogP contribution is -2.35. The van der Waals surface area contributed by atoms with Crippen LogP contribution in [-0.4, -0.2) is 47.0 Å². The molecule has 2 rings (SSSR count). The SMILES string of the molecule is COC(=O)c1ccc(C(O)C(O)CNC(=O)OCc2ccccc2)cn1. The highest BCUT2D eigenvalue weighted by Gasteiger charge is 2.20. The summed E-state index contributed by atoms with van der Waals surface area (Å²) < 4.78 is 9.54. The Morgan fingerprint density at radius 3 is 2.50 bits per heavy atom. The molecule has 0 radical (unpaired) electrons. The molecule has 1 amide bonds. The molecule has 0 aliphatic carbocycles. The minimum atomic E-state index is -1.29. The summed E-state index contributed by atoms with van der Waals surface area (Å²) in [7, 11) is 1.24. The van der Waals surface area contributed by atoms with Crippen molar-refractivity contribution in [1.82, 2.24) is 10.3 Å². The fraction of sp³-hybridized carbons (Fsp3) is 0.278. The van der Waals surface area contributed by atoms with Crippen molar-refractivity contribution in [2.24, 2.45) is 0 Å². The van der Waals surface area contributed by atoms with Gasteiger partial charge in [-0.3, -0.25) is 0 Å². The van der Waals surface area contributed by atoms with E-state index in [4.69, 9.17) is 4.74 Å². The quantitative estimate of drug-likeness (QED) is 0.635. The molecular weight excluding hydrogens is 340 g/mol. The van der Waals surface area contributed by atoms with Crippen LogP contribution in [0.1, 0.15) is 27.7 Å². The molecule has 0 saturated heterocycles. The first-order valence-corrected chi connectivity index (χ1v) is 7.86. The van der Waals surface area contributed by atoms with Crippen molar-refractivity contribution in [1.29, 1.82) is 0 Å². The Balaban J connectivity index is 1.80. The molecule has 2 unspecified atom stereocenters. The molecule has 0 saturated carbocycles. The zero-order valence-corrected chi connectivity index (χ0v) is 14.2. The van der Waals surface area contributed by atoms with Gasteiger partial charge in [0.1, 0.15) is 24.5 Å². The number of alkyl carbamates (subject to hydrolysis) is 1. The Hall–Kier alpha value is -2.97. The molecule has 1 aromatic carbocycles. The molecule has 138 valence electrons. The number of aliphatic hydroxyl groups is 2. The van der Waals surface area contributed by atoms with E-state index in [1.807, 2.05) is 30.3 Å². The summed E-state index contributed by atoms with van der Waals surface area (Å²) in [5, 5.41) is 22.5. The van der Waals surface area contributed by atoms with Gasteiger partial charge in [0.15, 0.2) is 0 Å². The largest absolute Gasteiger partial charge is 0.464 e. The number of rotatable bonds is 7. The summed E-state index contributed by atoms with van der Waals surface area (Å²) in [4.78, 5) is 26.8. The van der Waals surface area contributed by atoms with Crippen molar-refractivity contribution in [3.63, 3.8) is 0 Å². The van der Waals surface area contributed by atoms with Gasteiger partial charge in [0.25, 0.3) is 0 Å². The Morgan fingerprint density at radius 2 is 1.88 bits per heavy atom. The van der Waals surface area contributed by atoms with Gasteiger partial charge < -0.3 is 25.0 Å². The number of esters is 1. The maximum Gasteiger partial charge on any atom is 0.407 e. The maximum absolute atomic E-state index is 11.6. The third-order valence-corrected chi connectivity index (χ3v) is 3.56. The fourth-order valence-corrected chi connectivity index (χ4v) is 2.10. The second-order valence-electron chi connectivity index (χ2n) is 5.42. The Kier molecular flexibility index (Phi) is 7.07. The molecule has 2 aromatic rings. The minimum absolute atomic E-state index is 0.0838. The van der Waals surface area contributed by atoms with Gasteiger partial charge in [-0.25, -0.2) is 14.6 Å². The van der Waals surface area contributed by atoms with Gasteiger partial charge in [-0.1, -0.05) is 36.4 Å². The predicted molar refractivity (Wildman–Crippen MR) is 91.2 cm³/mol. The van der Waals surface area contributed by atoms with E-state index in [9.17, 15) is 19.8 Å². The Bertz CT molecular complexity index is 720. The number of pyridine rings is 1. The van der Waals surface area contributed by atoms with Gasteiger partial charge in [0, 0.05) is 18.3 Å². The number of aromatic nitrogens is 1. The smallest absolute Gasteiger partial charge is 0.407 e. The average molecular weight is 360 g/mol. The van der Waals surface area contributed by atoms with Crippen LogP contribution < -0.4 is 5.32 Å². The number of hydrogen-bond acceptors (Lipinski definition) is 7. The van der Waals surface area contributed by atoms with Crippen molar-refractivity contribution in [2.75, 3.05) is 13.7 Å². The van der Waals surface area contributed by atoms with E-state index >= 15 is 0 Å². The van der Waals surface area contributed by atoms with Crippen molar-refractivity contribution in [2.45, 2.75) is 18.8 Å². The van der Waals surface area contributed by atoms with Gasteiger partial charge in [-0.05, 0) is 11.6 Å². The van der Waals surface area contributed by atoms with Crippen LogP contribution in [0.2, 0.25) is 0 Å². The standard InChI is InChI=1S/C18H20N2O6/c1-25-17(23)14-8-7-13(9-19-14)16(22)15(21)10-20-18(24)26-11-12-5-3-2-4-6-12/h2-9,15-16,21-22H,10-11H2,1H3,(H,20,24). The average Bonchev–Trinajstić information content (AvgIpc) is 2.70. The third kappa shape index (κ3) is 5.54. The van der Waals surface area contributed by atoms with Crippen molar-refractivity contribution < 1.29 is 29.3 Å². The zero-order chi connectivity index (χ0) is 18.9. The van der Waals surface area contributed by atoms with Crippen molar-refractivity contribution in [3.8, 4) is 0 Å². The predicted octanol–water partition coefficient (Wildman–Crippen LogP) is 1.19. The first kappa shape index (κ1) is 19.4. The molecule has 0 spiro atoms. The lowest BCUT2D eigenvalue weighted by atomic mass is 10.1. The normalized spacial score (nSPS) is 12.7. The van der Waals surface area contributed by atoms with Crippen LogP contribution in [0.25, 0.3) is 0 Å². The number of nitrogens with zero attached hydrogens (tertiary/aromatic N) is 1. The van der Waals surface area contributed by atoms with Gasteiger partial charge in [0.2, 0.25) is 0 Å². The molecule has 8 nitrogen and oxygen atoms in total. The van der Waals surface area contributed by atoms with Crippen LogP contribution in [-0.2, 0) is 16.1 Å². The van der Waals surface area contributed by atoms with Crippen LogP contribution >= 0.6 is 0 Å². The van der Waals surface area contributed by atoms with Crippen LogP contribution in [0.4, 0.5) is 4.79 Å². The molecule has 26 heavy (non-hydrogen) atoms. The molecule has 0 bridgehead atoms. The van der Waals surface area contributed by atoms with Crippen LogP contribution in [0, 0.1) is 0 Å². The second-order valence-corrected chi connectivity index (χ2v) is 5.42. The summed E-state index contributed by atoms with van der Waals surface area (Å²) >= 11 is 0. The van der Waals surface area contributed by atoms with Crippen molar-refractivity contribution in [3.05, 3.63) is 65.5 Å². The van der Waals surface area contributed by atoms with Gasteiger partial charge in [-0.15, -0.1) is 0 Å².